The number of hydrogen-bond acceptors (Lipinski definition) is 3. The number of fused-ring (bicyclic) bond motifs is 1. The molecular formula is C17H20N2O. The van der Waals surface area contributed by atoms with Crippen molar-refractivity contribution in [3.8, 4) is 0 Å². The van der Waals surface area contributed by atoms with Crippen LogP contribution in [0.15, 0.2) is 36.7 Å². The zero-order chi connectivity index (χ0) is 14.0. The molecule has 0 amide bonds. The summed E-state index contributed by atoms with van der Waals surface area (Å²) in [6.45, 7) is 0. The smallest absolute Gasteiger partial charge is 0.165 e. The number of nitrogens with two attached hydrogens (primary N) is 1. The Labute approximate surface area is 119 Å². The van der Waals surface area contributed by atoms with E-state index in [0.717, 1.165) is 42.0 Å². The van der Waals surface area contributed by atoms with Crippen LogP contribution in [0.4, 0.5) is 0 Å². The maximum atomic E-state index is 12.6. The molecule has 2 aromatic rings. The highest BCUT2D eigenvalue weighted by molar-refractivity contribution is 6.08. The first-order valence-electron chi connectivity index (χ1n) is 7.33. The van der Waals surface area contributed by atoms with Gasteiger partial charge in [0, 0.05) is 35.3 Å². The molecule has 0 aliphatic heterocycles. The quantitative estimate of drug-likeness (QED) is 0.867. The number of carbonyl (C=O) groups is 1. The van der Waals surface area contributed by atoms with Gasteiger partial charge in [-0.2, -0.15) is 0 Å². The Morgan fingerprint density at radius 2 is 2.00 bits per heavy atom. The average Bonchev–Trinajstić information content (AvgIpc) is 2.47. The molecule has 20 heavy (non-hydrogen) atoms. The Morgan fingerprint density at radius 3 is 2.80 bits per heavy atom. The maximum Gasteiger partial charge on any atom is 0.165 e. The van der Waals surface area contributed by atoms with E-state index in [1.807, 2.05) is 24.3 Å². The van der Waals surface area contributed by atoms with Gasteiger partial charge in [0.1, 0.15) is 0 Å². The fraction of sp³-hybridized carbons (Fsp3) is 0.412. The van der Waals surface area contributed by atoms with Crippen molar-refractivity contribution in [2.75, 3.05) is 0 Å². The molecule has 1 aromatic heterocycles. The lowest BCUT2D eigenvalue weighted by Gasteiger charge is -2.32. The van der Waals surface area contributed by atoms with Gasteiger partial charge >= 0.3 is 0 Å². The molecule has 104 valence electrons. The fourth-order valence-electron chi connectivity index (χ4n) is 3.20. The molecule has 0 saturated heterocycles. The summed E-state index contributed by atoms with van der Waals surface area (Å²) in [5, 5.41) is 1.99. The first-order valence-corrected chi connectivity index (χ1v) is 7.33. The number of aromatic nitrogens is 1. The predicted octanol–water partition coefficient (Wildman–Crippen LogP) is 3.47. The minimum absolute atomic E-state index is 0.146. The van der Waals surface area contributed by atoms with Crippen LogP contribution in [0.25, 0.3) is 10.8 Å². The van der Waals surface area contributed by atoms with E-state index < -0.39 is 0 Å². The lowest BCUT2D eigenvalue weighted by molar-refractivity contribution is 0.0936. The van der Waals surface area contributed by atoms with Crippen LogP contribution in [-0.2, 0) is 0 Å². The van der Waals surface area contributed by atoms with Crippen LogP contribution in [0.5, 0.6) is 0 Å². The monoisotopic (exact) mass is 268 g/mol. The van der Waals surface area contributed by atoms with Crippen LogP contribution in [0.3, 0.4) is 0 Å². The predicted molar refractivity (Wildman–Crippen MR) is 80.7 cm³/mol. The highest BCUT2D eigenvalue weighted by Crippen LogP contribution is 2.30. The second-order valence-electron chi connectivity index (χ2n) is 5.93. The van der Waals surface area contributed by atoms with E-state index in [9.17, 15) is 4.79 Å². The number of benzene rings is 1. The van der Waals surface area contributed by atoms with Crippen LogP contribution in [0.2, 0.25) is 0 Å². The van der Waals surface area contributed by atoms with Crippen molar-refractivity contribution in [3.05, 3.63) is 42.2 Å². The molecule has 0 atom stereocenters. The highest BCUT2D eigenvalue weighted by atomic mass is 16.1. The van der Waals surface area contributed by atoms with Gasteiger partial charge in [-0.15, -0.1) is 0 Å². The zero-order valence-corrected chi connectivity index (χ0v) is 11.6. The van der Waals surface area contributed by atoms with Crippen molar-refractivity contribution < 1.29 is 4.79 Å². The van der Waals surface area contributed by atoms with Crippen LogP contribution in [-0.4, -0.2) is 16.3 Å². The van der Waals surface area contributed by atoms with Gasteiger partial charge in [-0.1, -0.05) is 37.5 Å². The maximum absolute atomic E-state index is 12.6. The van der Waals surface area contributed by atoms with Gasteiger partial charge in [0.2, 0.25) is 0 Å². The molecule has 2 N–H and O–H groups in total. The summed E-state index contributed by atoms with van der Waals surface area (Å²) in [6, 6.07) is 7.76. The van der Waals surface area contributed by atoms with E-state index in [1.165, 1.54) is 6.42 Å². The Morgan fingerprint density at radius 1 is 1.20 bits per heavy atom. The molecule has 0 bridgehead atoms. The Hall–Kier alpha value is -1.74. The highest BCUT2D eigenvalue weighted by Gasteiger charge is 2.30. The first-order chi connectivity index (χ1) is 9.68. The molecule has 0 radical (unpaired) electrons. The number of hydrogen-bond donors (Lipinski definition) is 1. The Bertz CT molecular complexity index is 624. The number of ketones is 1. The molecule has 1 fully saturated rings. The molecule has 3 heteroatoms. The van der Waals surface area contributed by atoms with Gasteiger partial charge in [0.05, 0.1) is 0 Å². The second kappa shape index (κ2) is 5.33. The molecule has 3 rings (SSSR count). The molecule has 3 nitrogen and oxygen atoms in total. The number of Topliss-reactive ketones (excluding diaryl/α,β-unsaturated/α-hetero) is 1. The van der Waals surface area contributed by atoms with Gasteiger partial charge in [0.25, 0.3) is 0 Å². The average molecular weight is 268 g/mol. The molecule has 1 saturated carbocycles. The molecule has 1 aliphatic rings. The molecule has 1 heterocycles. The summed E-state index contributed by atoms with van der Waals surface area (Å²) in [5.41, 5.74) is 6.85. The largest absolute Gasteiger partial charge is 0.325 e. The minimum Gasteiger partial charge on any atom is -0.325 e. The third-order valence-corrected chi connectivity index (χ3v) is 4.35. The van der Waals surface area contributed by atoms with Gasteiger partial charge in [0.15, 0.2) is 5.78 Å². The van der Waals surface area contributed by atoms with E-state index in [4.69, 9.17) is 5.73 Å². The summed E-state index contributed by atoms with van der Waals surface area (Å²) < 4.78 is 0. The summed E-state index contributed by atoms with van der Waals surface area (Å²) in [5.74, 6) is 0.146. The first kappa shape index (κ1) is 13.3. The van der Waals surface area contributed by atoms with Crippen molar-refractivity contribution in [2.45, 2.75) is 44.1 Å². The molecule has 1 aromatic carbocycles. The summed E-state index contributed by atoms with van der Waals surface area (Å²) in [6.07, 6.45) is 9.41. The zero-order valence-electron chi connectivity index (χ0n) is 11.6. The van der Waals surface area contributed by atoms with E-state index in [0.29, 0.717) is 6.42 Å². The van der Waals surface area contributed by atoms with E-state index in [1.54, 1.807) is 12.4 Å². The third-order valence-electron chi connectivity index (χ3n) is 4.35. The van der Waals surface area contributed by atoms with E-state index in [-0.39, 0.29) is 11.3 Å². The Balaban J connectivity index is 1.89. The molecule has 0 spiro atoms. The number of rotatable bonds is 3. The topological polar surface area (TPSA) is 56.0 Å². The molecule has 0 unspecified atom stereocenters. The Kier molecular flexibility index (Phi) is 3.53. The van der Waals surface area contributed by atoms with Gasteiger partial charge in [-0.3, -0.25) is 9.78 Å². The van der Waals surface area contributed by atoms with Gasteiger partial charge in [-0.05, 0) is 24.3 Å². The van der Waals surface area contributed by atoms with Crippen molar-refractivity contribution >= 4 is 16.6 Å². The molecular weight excluding hydrogens is 248 g/mol. The summed E-state index contributed by atoms with van der Waals surface area (Å²) >= 11 is 0. The third kappa shape index (κ3) is 2.59. The van der Waals surface area contributed by atoms with Crippen molar-refractivity contribution in [1.82, 2.24) is 4.98 Å². The second-order valence-corrected chi connectivity index (χ2v) is 5.93. The van der Waals surface area contributed by atoms with Crippen LogP contribution in [0, 0.1) is 0 Å². The lowest BCUT2D eigenvalue weighted by Crippen LogP contribution is -2.43. The summed E-state index contributed by atoms with van der Waals surface area (Å²) in [4.78, 5) is 16.8. The number of pyridine rings is 1. The van der Waals surface area contributed by atoms with Crippen molar-refractivity contribution in [3.63, 3.8) is 0 Å². The standard InChI is InChI=1S/C17H20N2O/c18-17(8-2-1-3-9-17)11-16(20)14-6-4-5-13-7-10-19-12-15(13)14/h4-7,10,12H,1-3,8-9,11,18H2. The summed E-state index contributed by atoms with van der Waals surface area (Å²) in [7, 11) is 0. The normalized spacial score (nSPS) is 18.1. The van der Waals surface area contributed by atoms with Gasteiger partial charge in [-0.25, -0.2) is 0 Å². The van der Waals surface area contributed by atoms with Gasteiger partial charge < -0.3 is 5.73 Å². The molecule has 1 aliphatic carbocycles. The number of carbonyl (C=O) groups excluding carboxylic acids is 1. The fourth-order valence-corrected chi connectivity index (χ4v) is 3.20. The number of nitrogens with zero attached hydrogens (tertiary/aromatic N) is 1. The lowest BCUT2D eigenvalue weighted by atomic mass is 9.78. The van der Waals surface area contributed by atoms with E-state index in [2.05, 4.69) is 4.98 Å². The minimum atomic E-state index is -0.306. The van der Waals surface area contributed by atoms with Crippen molar-refractivity contribution in [2.24, 2.45) is 5.73 Å². The van der Waals surface area contributed by atoms with Crippen LogP contribution < -0.4 is 5.73 Å². The van der Waals surface area contributed by atoms with E-state index >= 15 is 0 Å². The van der Waals surface area contributed by atoms with Crippen LogP contribution >= 0.6 is 0 Å². The SMILES string of the molecule is NC1(CC(=O)c2cccc3ccncc23)CCCCC1. The van der Waals surface area contributed by atoms with Crippen LogP contribution in [0.1, 0.15) is 48.9 Å². The van der Waals surface area contributed by atoms with Crippen molar-refractivity contribution in [1.29, 1.82) is 0 Å².